The Balaban J connectivity index is 1.90. The number of hydrogen-bond acceptors (Lipinski definition) is 2. The summed E-state index contributed by atoms with van der Waals surface area (Å²) in [6.07, 6.45) is 1.91. The van der Waals surface area contributed by atoms with Crippen LogP contribution in [0.5, 0.6) is 0 Å². The number of nitrogens with zero attached hydrogens (tertiary/aromatic N) is 2. The van der Waals surface area contributed by atoms with Crippen molar-refractivity contribution in [3.8, 4) is 6.07 Å². The van der Waals surface area contributed by atoms with Crippen molar-refractivity contribution in [1.29, 1.82) is 5.26 Å². The van der Waals surface area contributed by atoms with Gasteiger partial charge in [0.15, 0.2) is 0 Å². The molecule has 18 heavy (non-hydrogen) atoms. The average molecular weight is 243 g/mol. The van der Waals surface area contributed by atoms with Gasteiger partial charge in [0.05, 0.1) is 0 Å². The quantitative estimate of drug-likeness (QED) is 0.895. The summed E-state index contributed by atoms with van der Waals surface area (Å²) in [4.78, 5) is 0. The Morgan fingerprint density at radius 2 is 2.06 bits per heavy atom. The van der Waals surface area contributed by atoms with Crippen molar-refractivity contribution in [2.45, 2.75) is 13.1 Å². The number of hydrogen-bond donors (Lipinski definition) is 1. The van der Waals surface area contributed by atoms with Gasteiger partial charge in [0, 0.05) is 26.3 Å². The van der Waals surface area contributed by atoms with Crippen molar-refractivity contribution in [2.75, 3.05) is 0 Å². The van der Waals surface area contributed by atoms with Crippen molar-refractivity contribution >= 4 is 0 Å². The van der Waals surface area contributed by atoms with Crippen LogP contribution in [0.2, 0.25) is 0 Å². The Bertz CT molecular complexity index is 581. The lowest BCUT2D eigenvalue weighted by molar-refractivity contribution is 0.620. The zero-order valence-corrected chi connectivity index (χ0v) is 10.2. The van der Waals surface area contributed by atoms with E-state index in [9.17, 15) is 4.39 Å². The molecule has 0 saturated carbocycles. The molecule has 0 saturated heterocycles. The fourth-order valence-electron chi connectivity index (χ4n) is 1.84. The molecule has 0 aliphatic heterocycles. The first-order chi connectivity index (χ1) is 8.69. The summed E-state index contributed by atoms with van der Waals surface area (Å²) < 4.78 is 14.7. The fraction of sp³-hybridized carbons (Fsp3) is 0.214. The highest BCUT2D eigenvalue weighted by Gasteiger charge is 2.02. The van der Waals surface area contributed by atoms with E-state index in [0.29, 0.717) is 18.8 Å². The molecule has 1 aromatic heterocycles. The largest absolute Gasteiger partial charge is 0.342 e. The summed E-state index contributed by atoms with van der Waals surface area (Å²) in [5, 5.41) is 12.1. The van der Waals surface area contributed by atoms with Gasteiger partial charge in [0.2, 0.25) is 0 Å². The molecule has 1 aromatic carbocycles. The second kappa shape index (κ2) is 5.48. The number of aromatic nitrogens is 1. The van der Waals surface area contributed by atoms with Crippen LogP contribution in [0.1, 0.15) is 16.8 Å². The maximum atomic E-state index is 13.0. The minimum absolute atomic E-state index is 0.222. The summed E-state index contributed by atoms with van der Waals surface area (Å²) in [6.45, 7) is 1.26. The Morgan fingerprint density at radius 3 is 2.72 bits per heavy atom. The summed E-state index contributed by atoms with van der Waals surface area (Å²) in [6, 6.07) is 10.5. The van der Waals surface area contributed by atoms with E-state index >= 15 is 0 Å². The standard InChI is InChI=1S/C14H14FN3/c1-18-10-12(6-14(18)7-16)9-17-8-11-3-2-4-13(15)5-11/h2-6,10,17H,8-9H2,1H3. The number of benzene rings is 1. The minimum atomic E-state index is -0.222. The first-order valence-corrected chi connectivity index (χ1v) is 5.69. The smallest absolute Gasteiger partial charge is 0.123 e. The first-order valence-electron chi connectivity index (χ1n) is 5.69. The van der Waals surface area contributed by atoms with Crippen LogP contribution in [-0.4, -0.2) is 4.57 Å². The SMILES string of the molecule is Cn1cc(CNCc2cccc(F)c2)cc1C#N. The molecule has 1 N–H and O–H groups in total. The molecule has 0 unspecified atom stereocenters. The van der Waals surface area contributed by atoms with Crippen molar-refractivity contribution in [3.05, 3.63) is 59.2 Å². The molecule has 0 aliphatic carbocycles. The second-order valence-electron chi connectivity index (χ2n) is 4.19. The lowest BCUT2D eigenvalue weighted by atomic mass is 10.2. The van der Waals surface area contributed by atoms with Crippen LogP contribution in [0.3, 0.4) is 0 Å². The molecule has 0 bridgehead atoms. The van der Waals surface area contributed by atoms with E-state index in [2.05, 4.69) is 11.4 Å². The van der Waals surface area contributed by atoms with E-state index in [1.807, 2.05) is 25.4 Å². The highest BCUT2D eigenvalue weighted by Crippen LogP contribution is 2.07. The number of aryl methyl sites for hydroxylation is 1. The van der Waals surface area contributed by atoms with Gasteiger partial charge < -0.3 is 9.88 Å². The molecule has 0 radical (unpaired) electrons. The zero-order chi connectivity index (χ0) is 13.0. The van der Waals surface area contributed by atoms with Crippen LogP contribution in [0, 0.1) is 17.1 Å². The summed E-state index contributed by atoms with van der Waals surface area (Å²) >= 11 is 0. The van der Waals surface area contributed by atoms with Gasteiger partial charge in [-0.2, -0.15) is 5.26 Å². The Labute approximate surface area is 105 Å². The van der Waals surface area contributed by atoms with Crippen molar-refractivity contribution in [1.82, 2.24) is 9.88 Å². The van der Waals surface area contributed by atoms with Gasteiger partial charge in [-0.25, -0.2) is 4.39 Å². The van der Waals surface area contributed by atoms with E-state index in [-0.39, 0.29) is 5.82 Å². The molecule has 0 atom stereocenters. The molecule has 0 fully saturated rings. The first kappa shape index (κ1) is 12.3. The topological polar surface area (TPSA) is 40.8 Å². The normalized spacial score (nSPS) is 10.3. The number of nitrogens with one attached hydrogen (secondary N) is 1. The van der Waals surface area contributed by atoms with Crippen molar-refractivity contribution < 1.29 is 4.39 Å². The molecule has 3 nitrogen and oxygen atoms in total. The highest BCUT2D eigenvalue weighted by atomic mass is 19.1. The number of nitriles is 1. The Hall–Kier alpha value is -2.12. The molecule has 0 aliphatic rings. The molecule has 1 heterocycles. The summed E-state index contributed by atoms with van der Waals surface area (Å²) in [7, 11) is 1.84. The molecule has 0 spiro atoms. The molecule has 2 aromatic rings. The van der Waals surface area contributed by atoms with Crippen molar-refractivity contribution in [2.24, 2.45) is 7.05 Å². The van der Waals surface area contributed by atoms with Crippen LogP contribution in [0.15, 0.2) is 36.5 Å². The molecule has 0 amide bonds. The minimum Gasteiger partial charge on any atom is -0.342 e. The highest BCUT2D eigenvalue weighted by molar-refractivity contribution is 5.28. The van der Waals surface area contributed by atoms with E-state index in [1.54, 1.807) is 10.6 Å². The van der Waals surface area contributed by atoms with E-state index in [4.69, 9.17) is 5.26 Å². The van der Waals surface area contributed by atoms with E-state index in [1.165, 1.54) is 12.1 Å². The monoisotopic (exact) mass is 243 g/mol. The zero-order valence-electron chi connectivity index (χ0n) is 10.2. The lowest BCUT2D eigenvalue weighted by Gasteiger charge is -2.03. The summed E-state index contributed by atoms with van der Waals surface area (Å²) in [5.41, 5.74) is 2.59. The third-order valence-electron chi connectivity index (χ3n) is 2.72. The van der Waals surface area contributed by atoms with Gasteiger partial charge >= 0.3 is 0 Å². The van der Waals surface area contributed by atoms with Gasteiger partial charge in [-0.15, -0.1) is 0 Å². The van der Waals surface area contributed by atoms with Crippen LogP contribution in [-0.2, 0) is 20.1 Å². The van der Waals surface area contributed by atoms with Gasteiger partial charge in [0.25, 0.3) is 0 Å². The lowest BCUT2D eigenvalue weighted by Crippen LogP contribution is -2.12. The third kappa shape index (κ3) is 2.96. The summed E-state index contributed by atoms with van der Waals surface area (Å²) in [5.74, 6) is -0.222. The maximum absolute atomic E-state index is 13.0. The van der Waals surface area contributed by atoms with E-state index < -0.39 is 0 Å². The molecular formula is C14H14FN3. The predicted molar refractivity (Wildman–Crippen MR) is 67.1 cm³/mol. The number of rotatable bonds is 4. The third-order valence-corrected chi connectivity index (χ3v) is 2.72. The maximum Gasteiger partial charge on any atom is 0.123 e. The average Bonchev–Trinajstić information content (AvgIpc) is 2.70. The van der Waals surface area contributed by atoms with Crippen molar-refractivity contribution in [3.63, 3.8) is 0 Å². The molecule has 2 rings (SSSR count). The molecular weight excluding hydrogens is 229 g/mol. The van der Waals surface area contributed by atoms with E-state index in [0.717, 1.165) is 11.1 Å². The number of halogens is 1. The fourth-order valence-corrected chi connectivity index (χ4v) is 1.84. The molecule has 4 heteroatoms. The van der Waals surface area contributed by atoms with Gasteiger partial charge in [-0.3, -0.25) is 0 Å². The second-order valence-corrected chi connectivity index (χ2v) is 4.19. The van der Waals surface area contributed by atoms with Crippen LogP contribution >= 0.6 is 0 Å². The Kier molecular flexibility index (Phi) is 3.75. The van der Waals surface area contributed by atoms with Crippen LogP contribution < -0.4 is 5.32 Å². The predicted octanol–water partition coefficient (Wildman–Crippen LogP) is 2.33. The van der Waals surface area contributed by atoms with Crippen LogP contribution in [0.4, 0.5) is 4.39 Å². The van der Waals surface area contributed by atoms with Gasteiger partial charge in [-0.05, 0) is 29.3 Å². The Morgan fingerprint density at radius 1 is 1.28 bits per heavy atom. The van der Waals surface area contributed by atoms with Gasteiger partial charge in [-0.1, -0.05) is 12.1 Å². The van der Waals surface area contributed by atoms with Gasteiger partial charge in [0.1, 0.15) is 17.6 Å². The molecule has 92 valence electrons. The van der Waals surface area contributed by atoms with Crippen LogP contribution in [0.25, 0.3) is 0 Å².